The molecule has 0 heterocycles. The molecule has 6 heteroatoms. The maximum absolute atomic E-state index is 11.8. The van der Waals surface area contributed by atoms with Crippen molar-refractivity contribution in [2.75, 3.05) is 27.2 Å². The van der Waals surface area contributed by atoms with Gasteiger partial charge >= 0.3 is 0 Å². The lowest BCUT2D eigenvalue weighted by atomic mass is 10.0. The van der Waals surface area contributed by atoms with Crippen LogP contribution in [0.1, 0.15) is 48.3 Å². The van der Waals surface area contributed by atoms with Gasteiger partial charge in [-0.25, -0.2) is 0 Å². The molecule has 1 amide bonds. The SMILES string of the molecule is CN=C(NCCc1cccc(C(=O)NC)c1)NCC(C)(C)NC(C)c1ccccc1. The molecule has 2 aromatic carbocycles. The summed E-state index contributed by atoms with van der Waals surface area (Å²) in [6.07, 6.45) is 0.804. The molecule has 0 saturated heterocycles. The standard InChI is InChI=1S/C24H35N5O/c1-18(20-11-7-6-8-12-20)29-24(2,3)17-28-23(26-5)27-15-14-19-10-9-13-21(16-19)22(30)25-4/h6-13,16,18,29H,14-15,17H2,1-5H3,(H,25,30)(H2,26,27,28). The van der Waals surface area contributed by atoms with Crippen molar-refractivity contribution < 1.29 is 4.79 Å². The van der Waals surface area contributed by atoms with E-state index in [0.717, 1.165) is 31.0 Å². The first kappa shape index (κ1) is 23.4. The molecule has 0 bridgehead atoms. The van der Waals surface area contributed by atoms with Gasteiger partial charge in [-0.1, -0.05) is 42.5 Å². The van der Waals surface area contributed by atoms with Gasteiger partial charge in [0.1, 0.15) is 0 Å². The van der Waals surface area contributed by atoms with E-state index < -0.39 is 0 Å². The molecule has 4 N–H and O–H groups in total. The Morgan fingerprint density at radius 2 is 1.80 bits per heavy atom. The number of hydrogen-bond donors (Lipinski definition) is 4. The summed E-state index contributed by atoms with van der Waals surface area (Å²) in [6.45, 7) is 7.99. The van der Waals surface area contributed by atoms with Crippen LogP contribution >= 0.6 is 0 Å². The second-order valence-corrected chi connectivity index (χ2v) is 8.04. The van der Waals surface area contributed by atoms with Crippen LogP contribution in [0.2, 0.25) is 0 Å². The minimum Gasteiger partial charge on any atom is -0.356 e. The average Bonchev–Trinajstić information content (AvgIpc) is 2.76. The summed E-state index contributed by atoms with van der Waals surface area (Å²) in [5, 5.41) is 13.1. The summed E-state index contributed by atoms with van der Waals surface area (Å²) in [7, 11) is 3.41. The van der Waals surface area contributed by atoms with E-state index in [0.29, 0.717) is 5.56 Å². The van der Waals surface area contributed by atoms with Gasteiger partial charge in [0.15, 0.2) is 5.96 Å². The van der Waals surface area contributed by atoms with Crippen molar-refractivity contribution in [2.45, 2.75) is 38.8 Å². The quantitative estimate of drug-likeness (QED) is 0.379. The van der Waals surface area contributed by atoms with Gasteiger partial charge in [0.05, 0.1) is 0 Å². The molecule has 30 heavy (non-hydrogen) atoms. The van der Waals surface area contributed by atoms with Gasteiger partial charge < -0.3 is 21.3 Å². The molecule has 0 spiro atoms. The third-order valence-electron chi connectivity index (χ3n) is 4.95. The molecule has 0 aromatic heterocycles. The number of carbonyl (C=O) groups is 1. The monoisotopic (exact) mass is 409 g/mol. The van der Waals surface area contributed by atoms with Gasteiger partial charge in [-0.2, -0.15) is 0 Å². The Balaban J connectivity index is 1.81. The van der Waals surface area contributed by atoms with Gasteiger partial charge in [0, 0.05) is 44.3 Å². The van der Waals surface area contributed by atoms with Crippen LogP contribution in [-0.2, 0) is 6.42 Å². The van der Waals surface area contributed by atoms with Crippen LogP contribution in [0.5, 0.6) is 0 Å². The molecule has 0 aliphatic rings. The van der Waals surface area contributed by atoms with Crippen LogP contribution < -0.4 is 21.3 Å². The van der Waals surface area contributed by atoms with Crippen LogP contribution in [0, 0.1) is 0 Å². The number of rotatable bonds is 9. The third-order valence-corrected chi connectivity index (χ3v) is 4.95. The Bertz CT molecular complexity index is 832. The highest BCUT2D eigenvalue weighted by molar-refractivity contribution is 5.94. The lowest BCUT2D eigenvalue weighted by Gasteiger charge is -2.31. The number of aliphatic imine (C=N–C) groups is 1. The first-order valence-electron chi connectivity index (χ1n) is 10.4. The topological polar surface area (TPSA) is 77.5 Å². The molecule has 0 fully saturated rings. The third kappa shape index (κ3) is 7.52. The minimum absolute atomic E-state index is 0.0678. The zero-order chi connectivity index (χ0) is 22.0. The molecule has 0 aliphatic carbocycles. The highest BCUT2D eigenvalue weighted by Crippen LogP contribution is 2.15. The van der Waals surface area contributed by atoms with Crippen molar-refractivity contribution in [1.29, 1.82) is 0 Å². The zero-order valence-corrected chi connectivity index (χ0v) is 18.8. The lowest BCUT2D eigenvalue weighted by molar-refractivity contribution is 0.0963. The summed E-state index contributed by atoms with van der Waals surface area (Å²) in [6, 6.07) is 18.4. The Hall–Kier alpha value is -2.86. The van der Waals surface area contributed by atoms with Crippen molar-refractivity contribution in [1.82, 2.24) is 21.3 Å². The Labute approximate surface area is 180 Å². The van der Waals surface area contributed by atoms with E-state index in [1.807, 2.05) is 30.3 Å². The van der Waals surface area contributed by atoms with E-state index in [2.05, 4.69) is 71.3 Å². The lowest BCUT2D eigenvalue weighted by Crippen LogP contribution is -2.52. The van der Waals surface area contributed by atoms with Gasteiger partial charge in [-0.3, -0.25) is 9.79 Å². The van der Waals surface area contributed by atoms with E-state index in [1.165, 1.54) is 5.56 Å². The predicted octanol–water partition coefficient (Wildman–Crippen LogP) is 2.88. The first-order valence-corrected chi connectivity index (χ1v) is 10.4. The normalized spacial score (nSPS) is 12.9. The minimum atomic E-state index is -0.116. The molecule has 0 saturated carbocycles. The van der Waals surface area contributed by atoms with Crippen LogP contribution in [0.4, 0.5) is 0 Å². The molecule has 6 nitrogen and oxygen atoms in total. The number of carbonyl (C=O) groups excluding carboxylic acids is 1. The highest BCUT2D eigenvalue weighted by Gasteiger charge is 2.21. The Morgan fingerprint density at radius 3 is 2.47 bits per heavy atom. The van der Waals surface area contributed by atoms with E-state index in [-0.39, 0.29) is 17.5 Å². The Kier molecular flexibility index (Phi) is 8.87. The van der Waals surface area contributed by atoms with E-state index in [9.17, 15) is 4.79 Å². The molecule has 1 atom stereocenters. The van der Waals surface area contributed by atoms with Crippen molar-refractivity contribution in [3.8, 4) is 0 Å². The predicted molar refractivity (Wildman–Crippen MR) is 125 cm³/mol. The molecule has 2 rings (SSSR count). The summed E-state index contributed by atoms with van der Waals surface area (Å²) in [5.74, 6) is 0.696. The van der Waals surface area contributed by atoms with Crippen LogP contribution in [0.15, 0.2) is 59.6 Å². The van der Waals surface area contributed by atoms with Gasteiger partial charge in [0.25, 0.3) is 5.91 Å². The summed E-state index contributed by atoms with van der Waals surface area (Å²) in [5.41, 5.74) is 2.94. The number of guanidine groups is 1. The average molecular weight is 410 g/mol. The molecule has 0 radical (unpaired) electrons. The van der Waals surface area contributed by atoms with Crippen molar-refractivity contribution in [3.63, 3.8) is 0 Å². The second-order valence-electron chi connectivity index (χ2n) is 8.04. The second kappa shape index (κ2) is 11.4. The molecule has 2 aromatic rings. The fourth-order valence-corrected chi connectivity index (χ4v) is 3.33. The van der Waals surface area contributed by atoms with Crippen LogP contribution in [-0.4, -0.2) is 44.6 Å². The maximum Gasteiger partial charge on any atom is 0.251 e. The number of benzene rings is 2. The summed E-state index contributed by atoms with van der Waals surface area (Å²) < 4.78 is 0. The number of hydrogen-bond acceptors (Lipinski definition) is 3. The van der Waals surface area contributed by atoms with Crippen molar-refractivity contribution in [2.24, 2.45) is 4.99 Å². The molecule has 1 unspecified atom stereocenters. The number of nitrogens with one attached hydrogen (secondary N) is 4. The van der Waals surface area contributed by atoms with E-state index in [1.54, 1.807) is 14.1 Å². The summed E-state index contributed by atoms with van der Waals surface area (Å²) >= 11 is 0. The van der Waals surface area contributed by atoms with E-state index >= 15 is 0 Å². The van der Waals surface area contributed by atoms with Crippen molar-refractivity contribution >= 4 is 11.9 Å². The number of amides is 1. The Morgan fingerprint density at radius 1 is 1.07 bits per heavy atom. The fourth-order valence-electron chi connectivity index (χ4n) is 3.33. The van der Waals surface area contributed by atoms with Crippen LogP contribution in [0.25, 0.3) is 0 Å². The number of nitrogens with zero attached hydrogens (tertiary/aromatic N) is 1. The van der Waals surface area contributed by atoms with Crippen LogP contribution in [0.3, 0.4) is 0 Å². The molecule has 162 valence electrons. The smallest absolute Gasteiger partial charge is 0.251 e. The summed E-state index contributed by atoms with van der Waals surface area (Å²) in [4.78, 5) is 16.1. The fraction of sp³-hybridized carbons (Fsp3) is 0.417. The largest absolute Gasteiger partial charge is 0.356 e. The molecular weight excluding hydrogens is 374 g/mol. The molecular formula is C24H35N5O. The highest BCUT2D eigenvalue weighted by atomic mass is 16.1. The van der Waals surface area contributed by atoms with Gasteiger partial charge in [-0.15, -0.1) is 0 Å². The van der Waals surface area contributed by atoms with Gasteiger partial charge in [-0.05, 0) is 50.5 Å². The molecule has 0 aliphatic heterocycles. The van der Waals surface area contributed by atoms with E-state index in [4.69, 9.17) is 0 Å². The first-order chi connectivity index (χ1) is 14.3. The maximum atomic E-state index is 11.8. The van der Waals surface area contributed by atoms with Crippen molar-refractivity contribution in [3.05, 3.63) is 71.3 Å². The van der Waals surface area contributed by atoms with Gasteiger partial charge in [0.2, 0.25) is 0 Å². The zero-order valence-electron chi connectivity index (χ0n) is 18.8.